The van der Waals surface area contributed by atoms with Crippen molar-refractivity contribution in [1.29, 1.82) is 0 Å². The van der Waals surface area contributed by atoms with E-state index in [-0.39, 0.29) is 0 Å². The van der Waals surface area contributed by atoms with Crippen molar-refractivity contribution < 1.29 is 4.43 Å². The van der Waals surface area contributed by atoms with Gasteiger partial charge in [-0.25, -0.2) is 0 Å². The molecule has 0 rings (SSSR count). The quantitative estimate of drug-likeness (QED) is 0.301. The Kier molecular flexibility index (Phi) is 6.85. The molecule has 0 aliphatic carbocycles. The van der Waals surface area contributed by atoms with E-state index in [1.807, 2.05) is 6.08 Å². The minimum absolute atomic E-state index is 0.882. The van der Waals surface area contributed by atoms with E-state index in [9.17, 15) is 0 Å². The van der Waals surface area contributed by atoms with Crippen LogP contribution in [0.3, 0.4) is 0 Å². The van der Waals surface area contributed by atoms with Gasteiger partial charge in [0, 0.05) is 6.61 Å². The Balaban J connectivity index is 2.62. The van der Waals surface area contributed by atoms with Crippen LogP contribution in [-0.2, 0) is 4.43 Å². The van der Waals surface area contributed by atoms with Crippen molar-refractivity contribution in [2.24, 2.45) is 0 Å². The molecule has 0 saturated heterocycles. The molecule has 0 aromatic heterocycles. The highest BCUT2D eigenvalue weighted by Gasteiger charge is 1.81. The van der Waals surface area contributed by atoms with Gasteiger partial charge < -0.3 is 4.43 Å². The molecule has 0 aliphatic rings. The lowest BCUT2D eigenvalue weighted by molar-refractivity contribution is 0.337. The molecule has 0 fully saturated rings. The monoisotopic (exact) mass is 130 g/mol. The van der Waals surface area contributed by atoms with E-state index in [4.69, 9.17) is 4.43 Å². The lowest BCUT2D eigenvalue weighted by Crippen LogP contribution is -1.87. The zero-order valence-corrected chi connectivity index (χ0v) is 7.52. The summed E-state index contributed by atoms with van der Waals surface area (Å²) in [5.74, 6) is 0. The first-order valence-corrected chi connectivity index (χ1v) is 3.83. The third kappa shape index (κ3) is 5.92. The Hall–Kier alpha value is -0.0831. The van der Waals surface area contributed by atoms with Crippen LogP contribution in [0, 0.1) is 0 Å². The summed E-state index contributed by atoms with van der Waals surface area (Å²) < 4.78 is 4.99. The minimum Gasteiger partial charge on any atom is -0.428 e. The molecule has 0 aromatic rings. The average Bonchev–Trinajstić information content (AvgIpc) is 1.81. The fourth-order valence-corrected chi connectivity index (χ4v) is 0.824. The van der Waals surface area contributed by atoms with Crippen molar-refractivity contribution in [2.45, 2.75) is 19.3 Å². The number of hydrogen-bond donors (Lipinski definition) is 0. The molecule has 0 N–H and O–H groups in total. The van der Waals surface area contributed by atoms with Gasteiger partial charge in [0.1, 0.15) is 10.5 Å². The van der Waals surface area contributed by atoms with Gasteiger partial charge in [-0.3, -0.25) is 0 Å². The molecule has 0 spiro atoms. The zero-order chi connectivity index (χ0) is 6.24. The van der Waals surface area contributed by atoms with Crippen molar-refractivity contribution in [2.75, 3.05) is 6.61 Å². The summed E-state index contributed by atoms with van der Waals surface area (Å²) >= 11 is 0. The molecule has 0 atom stereocenters. The molecule has 0 bridgehead atoms. The summed E-state index contributed by atoms with van der Waals surface area (Å²) in [7, 11) is 0.882. The normalized spacial score (nSPS) is 9.50. The lowest BCUT2D eigenvalue weighted by atomic mass is 10.2. The number of unbranched alkanes of at least 4 members (excludes halogenated alkanes) is 2. The molecule has 0 unspecified atom stereocenters. The van der Waals surface area contributed by atoms with E-state index in [0.717, 1.165) is 23.5 Å². The summed E-state index contributed by atoms with van der Waals surface area (Å²) in [5, 5.41) is 0. The Bertz CT molecular complexity index is 54.5. The van der Waals surface area contributed by atoms with E-state index in [0.29, 0.717) is 0 Å². The van der Waals surface area contributed by atoms with Gasteiger partial charge in [-0.05, 0) is 19.3 Å². The predicted octanol–water partition coefficient (Wildman–Crippen LogP) is 0.640. The smallest absolute Gasteiger partial charge is 0.145 e. The first-order chi connectivity index (χ1) is 3.91. The first-order valence-electron chi connectivity index (χ1n) is 3.01. The van der Waals surface area contributed by atoms with Gasteiger partial charge in [0.25, 0.3) is 0 Å². The summed E-state index contributed by atoms with van der Waals surface area (Å²) in [6.45, 7) is 4.57. The second-order valence-corrected chi connectivity index (χ2v) is 2.35. The van der Waals surface area contributed by atoms with Crippen LogP contribution in [0.15, 0.2) is 12.7 Å². The zero-order valence-electron chi connectivity index (χ0n) is 5.52. The molecule has 0 heterocycles. The van der Waals surface area contributed by atoms with Gasteiger partial charge in [-0.2, -0.15) is 0 Å². The molecule has 0 aliphatic heterocycles. The van der Waals surface area contributed by atoms with E-state index in [1.165, 1.54) is 12.8 Å². The van der Waals surface area contributed by atoms with Crippen molar-refractivity contribution in [3.05, 3.63) is 12.7 Å². The van der Waals surface area contributed by atoms with Crippen LogP contribution in [0.4, 0.5) is 0 Å². The molecular weight excluding hydrogens is 116 g/mol. The molecule has 2 heteroatoms. The van der Waals surface area contributed by atoms with E-state index < -0.39 is 0 Å². The standard InChI is InChI=1S/C6H14OSi/c1-2-3-4-5-6-7-8/h2H,1,3-6H2,8H3. The highest BCUT2D eigenvalue weighted by molar-refractivity contribution is 5.97. The van der Waals surface area contributed by atoms with Crippen LogP contribution in [-0.4, -0.2) is 17.1 Å². The van der Waals surface area contributed by atoms with Gasteiger partial charge in [0.15, 0.2) is 0 Å². The molecule has 48 valence electrons. The van der Waals surface area contributed by atoms with E-state index in [1.54, 1.807) is 0 Å². The van der Waals surface area contributed by atoms with Gasteiger partial charge in [0.05, 0.1) is 0 Å². The highest BCUT2D eigenvalue weighted by Crippen LogP contribution is 1.94. The van der Waals surface area contributed by atoms with E-state index >= 15 is 0 Å². The third-order valence-corrected chi connectivity index (χ3v) is 1.41. The second kappa shape index (κ2) is 6.92. The number of allylic oxidation sites excluding steroid dienone is 1. The Morgan fingerprint density at radius 3 is 2.75 bits per heavy atom. The molecule has 0 amide bonds. The molecule has 0 radical (unpaired) electrons. The SMILES string of the molecule is C=CCCCCO[SiH3]. The lowest BCUT2D eigenvalue weighted by Gasteiger charge is -1.94. The summed E-state index contributed by atoms with van der Waals surface area (Å²) in [6.07, 6.45) is 5.50. The van der Waals surface area contributed by atoms with Gasteiger partial charge in [0.2, 0.25) is 0 Å². The maximum atomic E-state index is 4.99. The van der Waals surface area contributed by atoms with Crippen LogP contribution < -0.4 is 0 Å². The maximum absolute atomic E-state index is 4.99. The highest BCUT2D eigenvalue weighted by atomic mass is 28.2. The van der Waals surface area contributed by atoms with Gasteiger partial charge in [-0.15, -0.1) is 6.58 Å². The second-order valence-electron chi connectivity index (χ2n) is 1.78. The van der Waals surface area contributed by atoms with E-state index in [2.05, 4.69) is 6.58 Å². The fourth-order valence-electron chi connectivity index (χ4n) is 0.535. The predicted molar refractivity (Wildman–Crippen MR) is 39.9 cm³/mol. The van der Waals surface area contributed by atoms with Crippen LogP contribution in [0.25, 0.3) is 0 Å². The van der Waals surface area contributed by atoms with Crippen molar-refractivity contribution in [1.82, 2.24) is 0 Å². The topological polar surface area (TPSA) is 9.23 Å². The molecular formula is C6H14OSi. The number of hydrogen-bond acceptors (Lipinski definition) is 1. The Morgan fingerprint density at radius 2 is 2.25 bits per heavy atom. The Labute approximate surface area is 54.3 Å². The van der Waals surface area contributed by atoms with Crippen LogP contribution >= 0.6 is 0 Å². The van der Waals surface area contributed by atoms with Gasteiger partial charge >= 0.3 is 0 Å². The van der Waals surface area contributed by atoms with Crippen molar-refractivity contribution in [3.63, 3.8) is 0 Å². The molecule has 0 saturated carbocycles. The summed E-state index contributed by atoms with van der Waals surface area (Å²) in [4.78, 5) is 0. The summed E-state index contributed by atoms with van der Waals surface area (Å²) in [5.41, 5.74) is 0. The largest absolute Gasteiger partial charge is 0.428 e. The first kappa shape index (κ1) is 7.92. The van der Waals surface area contributed by atoms with Crippen LogP contribution in [0.2, 0.25) is 0 Å². The maximum Gasteiger partial charge on any atom is 0.145 e. The van der Waals surface area contributed by atoms with Gasteiger partial charge in [-0.1, -0.05) is 6.08 Å². The van der Waals surface area contributed by atoms with Crippen molar-refractivity contribution in [3.8, 4) is 0 Å². The summed E-state index contributed by atoms with van der Waals surface area (Å²) in [6, 6.07) is 0. The van der Waals surface area contributed by atoms with Crippen molar-refractivity contribution >= 4 is 10.5 Å². The van der Waals surface area contributed by atoms with Crippen LogP contribution in [0.5, 0.6) is 0 Å². The molecule has 8 heavy (non-hydrogen) atoms. The fraction of sp³-hybridized carbons (Fsp3) is 0.667. The molecule has 1 nitrogen and oxygen atoms in total. The minimum atomic E-state index is 0.882. The molecule has 0 aromatic carbocycles. The van der Waals surface area contributed by atoms with Crippen LogP contribution in [0.1, 0.15) is 19.3 Å². The average molecular weight is 130 g/mol. The Morgan fingerprint density at radius 1 is 1.50 bits per heavy atom. The third-order valence-electron chi connectivity index (χ3n) is 1.01. The number of rotatable bonds is 5.